The van der Waals surface area contributed by atoms with Crippen molar-refractivity contribution in [1.82, 2.24) is 0 Å². The van der Waals surface area contributed by atoms with Crippen molar-refractivity contribution in [3.63, 3.8) is 0 Å². The number of halogens is 1. The first-order valence-corrected chi connectivity index (χ1v) is 8.27. The summed E-state index contributed by atoms with van der Waals surface area (Å²) >= 11 is 3.53. The Balaban J connectivity index is 1.98. The number of methoxy groups -OCH3 is 1. The van der Waals surface area contributed by atoms with Crippen LogP contribution in [0.3, 0.4) is 0 Å². The predicted octanol–water partition coefficient (Wildman–Crippen LogP) is 3.83. The molecule has 0 N–H and O–H groups in total. The number of hydrogen-bond acceptors (Lipinski definition) is 3. The topological polar surface area (TPSA) is 32.8 Å². The Morgan fingerprint density at radius 3 is 2.48 bits per heavy atom. The molecule has 0 aliphatic carbocycles. The van der Waals surface area contributed by atoms with Crippen molar-refractivity contribution in [2.75, 3.05) is 24.0 Å². The normalized spacial score (nSPS) is 17.2. The van der Waals surface area contributed by atoms with E-state index < -0.39 is 0 Å². The number of amides is 1. The van der Waals surface area contributed by atoms with Crippen LogP contribution in [0.1, 0.15) is 12.5 Å². The van der Waals surface area contributed by atoms with Crippen LogP contribution in [-0.4, -0.2) is 26.1 Å². The van der Waals surface area contributed by atoms with Crippen LogP contribution in [0.15, 0.2) is 46.9 Å². The Morgan fingerprint density at radius 2 is 1.83 bits per heavy atom. The molecule has 0 aromatic heterocycles. The fourth-order valence-electron chi connectivity index (χ4n) is 2.90. The zero-order chi connectivity index (χ0) is 16.6. The minimum atomic E-state index is -0.205. The summed E-state index contributed by atoms with van der Waals surface area (Å²) in [6, 6.07) is 13.8. The summed E-state index contributed by atoms with van der Waals surface area (Å²) in [6.45, 7) is 2.63. The van der Waals surface area contributed by atoms with Crippen molar-refractivity contribution >= 4 is 33.2 Å². The molecule has 1 atom stereocenters. The molecule has 2 aromatic carbocycles. The average molecular weight is 375 g/mol. The van der Waals surface area contributed by atoms with Gasteiger partial charge >= 0.3 is 0 Å². The number of carbonyl (C=O) groups is 1. The molecule has 3 rings (SSSR count). The van der Waals surface area contributed by atoms with Gasteiger partial charge in [-0.15, -0.1) is 0 Å². The number of benzene rings is 2. The van der Waals surface area contributed by atoms with Gasteiger partial charge in [-0.05, 0) is 42.8 Å². The van der Waals surface area contributed by atoms with E-state index in [9.17, 15) is 4.79 Å². The lowest BCUT2D eigenvalue weighted by molar-refractivity contribution is -0.119. The summed E-state index contributed by atoms with van der Waals surface area (Å²) < 4.78 is 6.21. The summed E-state index contributed by atoms with van der Waals surface area (Å²) in [7, 11) is 3.49. The van der Waals surface area contributed by atoms with Gasteiger partial charge in [-0.3, -0.25) is 4.79 Å². The van der Waals surface area contributed by atoms with E-state index in [1.54, 1.807) is 12.0 Å². The Labute approximate surface area is 144 Å². The predicted molar refractivity (Wildman–Crippen MR) is 96.2 cm³/mol. The minimum Gasteiger partial charge on any atom is -0.497 e. The molecular formula is C18H19BrN2O2. The van der Waals surface area contributed by atoms with Crippen LogP contribution in [0.4, 0.5) is 11.4 Å². The van der Waals surface area contributed by atoms with Gasteiger partial charge in [0.15, 0.2) is 0 Å². The van der Waals surface area contributed by atoms with Crippen LogP contribution in [0.5, 0.6) is 5.75 Å². The van der Waals surface area contributed by atoms with Gasteiger partial charge in [-0.1, -0.05) is 28.1 Å². The molecule has 0 fully saturated rings. The van der Waals surface area contributed by atoms with Gasteiger partial charge in [-0.25, -0.2) is 0 Å². The number of likely N-dealkylation sites (N-methyl/N-ethyl adjacent to an activating group) is 1. The molecule has 0 bridgehead atoms. The third-order valence-electron chi connectivity index (χ3n) is 4.28. The summed E-state index contributed by atoms with van der Waals surface area (Å²) in [5.74, 6) is 0.938. The molecule has 0 saturated carbocycles. The minimum absolute atomic E-state index is 0.105. The summed E-state index contributed by atoms with van der Waals surface area (Å²) in [5.41, 5.74) is 3.13. The highest BCUT2D eigenvalue weighted by Crippen LogP contribution is 2.38. The van der Waals surface area contributed by atoms with Gasteiger partial charge in [0.25, 0.3) is 0 Å². The SMILES string of the molecule is COc1ccc(CN2c3cc(Br)ccc3N(C)C(=O)[C@@H]2C)cc1. The number of carbonyl (C=O) groups excluding carboxylic acids is 1. The molecule has 0 unspecified atom stereocenters. The Hall–Kier alpha value is -2.01. The Bertz CT molecular complexity index is 730. The standard InChI is InChI=1S/C18H19BrN2O2/c1-12-18(22)20(2)16-9-6-14(19)10-17(16)21(12)11-13-4-7-15(23-3)8-5-13/h4-10,12H,11H2,1-3H3/t12-/m0/s1. The molecule has 0 spiro atoms. The molecule has 120 valence electrons. The van der Waals surface area contributed by atoms with Gasteiger partial charge in [0.05, 0.1) is 18.5 Å². The van der Waals surface area contributed by atoms with Gasteiger partial charge < -0.3 is 14.5 Å². The third kappa shape index (κ3) is 2.93. The quantitative estimate of drug-likeness (QED) is 0.818. The molecule has 1 aliphatic rings. The smallest absolute Gasteiger partial charge is 0.249 e. The molecule has 23 heavy (non-hydrogen) atoms. The van der Waals surface area contributed by atoms with E-state index in [-0.39, 0.29) is 11.9 Å². The second-order valence-corrected chi connectivity index (χ2v) is 6.60. The lowest BCUT2D eigenvalue weighted by Crippen LogP contribution is -2.50. The van der Waals surface area contributed by atoms with E-state index in [1.807, 2.05) is 50.4 Å². The highest BCUT2D eigenvalue weighted by Gasteiger charge is 2.33. The van der Waals surface area contributed by atoms with Gasteiger partial charge in [-0.2, -0.15) is 0 Å². The van der Waals surface area contributed by atoms with Crippen LogP contribution in [0.25, 0.3) is 0 Å². The molecule has 2 aromatic rings. The molecular weight excluding hydrogens is 356 g/mol. The summed E-state index contributed by atoms with van der Waals surface area (Å²) in [4.78, 5) is 16.4. The monoisotopic (exact) mass is 374 g/mol. The molecule has 0 saturated heterocycles. The zero-order valence-corrected chi connectivity index (χ0v) is 15.0. The van der Waals surface area contributed by atoms with Crippen molar-refractivity contribution in [2.45, 2.75) is 19.5 Å². The van der Waals surface area contributed by atoms with E-state index >= 15 is 0 Å². The molecule has 5 heteroatoms. The second-order valence-electron chi connectivity index (χ2n) is 5.68. The maximum atomic E-state index is 12.5. The number of anilines is 2. The number of hydrogen-bond donors (Lipinski definition) is 0. The molecule has 1 amide bonds. The molecule has 1 aliphatic heterocycles. The highest BCUT2D eigenvalue weighted by atomic mass is 79.9. The van der Waals surface area contributed by atoms with E-state index in [0.29, 0.717) is 6.54 Å². The Kier molecular flexibility index (Phi) is 4.31. The van der Waals surface area contributed by atoms with Gasteiger partial charge in [0.2, 0.25) is 5.91 Å². The average Bonchev–Trinajstić information content (AvgIpc) is 2.57. The van der Waals surface area contributed by atoms with Crippen molar-refractivity contribution in [3.05, 3.63) is 52.5 Å². The maximum absolute atomic E-state index is 12.5. The highest BCUT2D eigenvalue weighted by molar-refractivity contribution is 9.10. The molecule has 1 heterocycles. The fraction of sp³-hybridized carbons (Fsp3) is 0.278. The third-order valence-corrected chi connectivity index (χ3v) is 4.77. The lowest BCUT2D eigenvalue weighted by Gasteiger charge is -2.40. The maximum Gasteiger partial charge on any atom is 0.249 e. The van der Waals surface area contributed by atoms with Crippen LogP contribution in [0, 0.1) is 0 Å². The van der Waals surface area contributed by atoms with Crippen LogP contribution >= 0.6 is 15.9 Å². The molecule has 4 nitrogen and oxygen atoms in total. The van der Waals surface area contributed by atoms with Crippen LogP contribution in [0.2, 0.25) is 0 Å². The van der Waals surface area contributed by atoms with E-state index in [1.165, 1.54) is 0 Å². The molecule has 0 radical (unpaired) electrons. The number of nitrogens with zero attached hydrogens (tertiary/aromatic N) is 2. The lowest BCUT2D eigenvalue weighted by atomic mass is 10.1. The van der Waals surface area contributed by atoms with Gasteiger partial charge in [0, 0.05) is 18.1 Å². The van der Waals surface area contributed by atoms with Gasteiger partial charge in [0.1, 0.15) is 11.8 Å². The summed E-state index contributed by atoms with van der Waals surface area (Å²) in [6.07, 6.45) is 0. The van der Waals surface area contributed by atoms with Crippen LogP contribution < -0.4 is 14.5 Å². The van der Waals surface area contributed by atoms with E-state index in [4.69, 9.17) is 4.74 Å². The summed E-state index contributed by atoms with van der Waals surface area (Å²) in [5, 5.41) is 0. The van der Waals surface area contributed by atoms with Crippen molar-refractivity contribution in [2.24, 2.45) is 0 Å². The first kappa shape index (κ1) is 15.9. The van der Waals surface area contributed by atoms with Crippen molar-refractivity contribution < 1.29 is 9.53 Å². The van der Waals surface area contributed by atoms with Crippen molar-refractivity contribution in [3.8, 4) is 5.75 Å². The zero-order valence-electron chi connectivity index (χ0n) is 13.4. The van der Waals surface area contributed by atoms with E-state index in [0.717, 1.165) is 27.2 Å². The first-order chi connectivity index (χ1) is 11.0. The first-order valence-electron chi connectivity index (χ1n) is 7.48. The number of ether oxygens (including phenoxy) is 1. The second kappa shape index (κ2) is 6.24. The fourth-order valence-corrected chi connectivity index (χ4v) is 3.25. The number of rotatable bonds is 3. The largest absolute Gasteiger partial charge is 0.497 e. The Morgan fingerprint density at radius 1 is 1.13 bits per heavy atom. The van der Waals surface area contributed by atoms with Crippen molar-refractivity contribution in [1.29, 1.82) is 0 Å². The van der Waals surface area contributed by atoms with Crippen LogP contribution in [-0.2, 0) is 11.3 Å². The van der Waals surface area contributed by atoms with E-state index in [2.05, 4.69) is 26.9 Å². The number of fused-ring (bicyclic) bond motifs is 1.